The zero-order valence-corrected chi connectivity index (χ0v) is 26.8. The van der Waals surface area contributed by atoms with Crippen molar-refractivity contribution in [1.29, 1.82) is 0 Å². The Hall–Kier alpha value is -4.14. The molecule has 7 rings (SSSR count). The van der Waals surface area contributed by atoms with E-state index in [-0.39, 0.29) is 15.7 Å². The average molecular weight is 623 g/mol. The summed E-state index contributed by atoms with van der Waals surface area (Å²) < 4.78 is 59.8. The van der Waals surface area contributed by atoms with Gasteiger partial charge in [0.25, 0.3) is 20.0 Å². The van der Waals surface area contributed by atoms with Gasteiger partial charge in [-0.25, -0.2) is 24.8 Å². The number of hydrogen-bond donors (Lipinski definition) is 0. The van der Waals surface area contributed by atoms with Crippen molar-refractivity contribution in [3.8, 4) is 0 Å². The third kappa shape index (κ3) is 4.50. The maximum absolute atomic E-state index is 14.3. The first-order valence-electron chi connectivity index (χ1n) is 14.8. The van der Waals surface area contributed by atoms with Crippen LogP contribution in [0.5, 0.6) is 0 Å². The molecule has 6 nitrogen and oxygen atoms in total. The molecule has 1 aliphatic carbocycles. The van der Waals surface area contributed by atoms with Crippen LogP contribution in [0.15, 0.2) is 101 Å². The molecule has 0 spiro atoms. The van der Waals surface area contributed by atoms with Crippen molar-refractivity contribution >= 4 is 41.9 Å². The predicted octanol–water partition coefficient (Wildman–Crippen LogP) is 7.58. The first-order chi connectivity index (χ1) is 20.9. The van der Waals surface area contributed by atoms with Gasteiger partial charge in [-0.1, -0.05) is 58.7 Å². The highest BCUT2D eigenvalue weighted by atomic mass is 32.2. The molecule has 0 N–H and O–H groups in total. The highest BCUT2D eigenvalue weighted by Crippen LogP contribution is 2.42. The minimum atomic E-state index is -3.90. The Bertz CT molecular complexity index is 2310. The molecular weight excluding hydrogens is 589 g/mol. The first kappa shape index (κ1) is 28.6. The number of aryl methyl sites for hydroxylation is 4. The summed E-state index contributed by atoms with van der Waals surface area (Å²) in [7, 11) is -7.76. The van der Waals surface area contributed by atoms with Crippen molar-refractivity contribution in [2.75, 3.05) is 0 Å². The Labute approximate surface area is 258 Å². The third-order valence-corrected chi connectivity index (χ3v) is 12.5. The Morgan fingerprint density at radius 2 is 1.11 bits per heavy atom. The van der Waals surface area contributed by atoms with E-state index in [9.17, 15) is 16.8 Å². The van der Waals surface area contributed by atoms with Crippen LogP contribution in [0.1, 0.15) is 51.5 Å². The van der Waals surface area contributed by atoms with Gasteiger partial charge in [-0.05, 0) is 107 Å². The largest absolute Gasteiger partial charge is 0.268 e. The Kier molecular flexibility index (Phi) is 6.64. The van der Waals surface area contributed by atoms with Gasteiger partial charge >= 0.3 is 0 Å². The molecule has 2 aromatic heterocycles. The molecule has 6 aromatic rings. The Balaban J connectivity index is 1.41. The highest BCUT2D eigenvalue weighted by Gasteiger charge is 2.34. The lowest BCUT2D eigenvalue weighted by Crippen LogP contribution is -2.23. The molecule has 8 heteroatoms. The molecule has 0 saturated heterocycles. The fourth-order valence-corrected chi connectivity index (χ4v) is 9.87. The molecule has 0 radical (unpaired) electrons. The summed E-state index contributed by atoms with van der Waals surface area (Å²) in [5.41, 5.74) is 7.86. The van der Waals surface area contributed by atoms with Gasteiger partial charge in [-0.3, -0.25) is 0 Å². The van der Waals surface area contributed by atoms with E-state index >= 15 is 0 Å². The summed E-state index contributed by atoms with van der Waals surface area (Å²) in [5.74, 6) is -0.128. The van der Waals surface area contributed by atoms with Crippen LogP contribution in [0.2, 0.25) is 0 Å². The number of fused-ring (bicyclic) bond motifs is 4. The van der Waals surface area contributed by atoms with E-state index in [4.69, 9.17) is 0 Å². The van der Waals surface area contributed by atoms with Crippen LogP contribution in [-0.2, 0) is 32.9 Å². The van der Waals surface area contributed by atoms with Crippen molar-refractivity contribution in [3.05, 3.63) is 130 Å². The summed E-state index contributed by atoms with van der Waals surface area (Å²) in [4.78, 5) is 0.500. The molecular formula is C36H34N2O4S2. The smallest absolute Gasteiger partial charge is 0.238 e. The van der Waals surface area contributed by atoms with Crippen molar-refractivity contribution in [3.63, 3.8) is 0 Å². The van der Waals surface area contributed by atoms with Crippen molar-refractivity contribution in [1.82, 2.24) is 7.94 Å². The van der Waals surface area contributed by atoms with Crippen LogP contribution in [-0.4, -0.2) is 24.8 Å². The van der Waals surface area contributed by atoms with Crippen LogP contribution in [0.3, 0.4) is 0 Å². The quantitative estimate of drug-likeness (QED) is 0.199. The van der Waals surface area contributed by atoms with E-state index in [1.54, 1.807) is 24.3 Å². The summed E-state index contributed by atoms with van der Waals surface area (Å²) in [6.45, 7) is 7.88. The summed E-state index contributed by atoms with van der Waals surface area (Å²) in [6, 6.07) is 27.7. The summed E-state index contributed by atoms with van der Waals surface area (Å²) in [5, 5.41) is 1.78. The molecule has 4 aromatic carbocycles. The van der Waals surface area contributed by atoms with E-state index in [0.717, 1.165) is 50.0 Å². The lowest BCUT2D eigenvalue weighted by molar-refractivity contribution is 0.545. The maximum atomic E-state index is 14.3. The number of rotatable bonds is 5. The van der Waals surface area contributed by atoms with Gasteiger partial charge in [-0.2, -0.15) is 0 Å². The fourth-order valence-electron chi connectivity index (χ4n) is 6.67. The Morgan fingerprint density at radius 3 is 1.73 bits per heavy atom. The molecule has 0 fully saturated rings. The van der Waals surface area contributed by atoms with Crippen molar-refractivity contribution in [2.45, 2.75) is 62.7 Å². The van der Waals surface area contributed by atoms with Gasteiger partial charge in [-0.15, -0.1) is 0 Å². The zero-order valence-electron chi connectivity index (χ0n) is 25.2. The van der Waals surface area contributed by atoms with Crippen LogP contribution in [0, 0.1) is 27.7 Å². The monoisotopic (exact) mass is 622 g/mol. The van der Waals surface area contributed by atoms with Crippen molar-refractivity contribution in [2.24, 2.45) is 0 Å². The second-order valence-corrected chi connectivity index (χ2v) is 15.8. The Morgan fingerprint density at radius 1 is 0.591 bits per heavy atom. The number of nitrogens with zero attached hydrogens (tertiary/aromatic N) is 2. The second kappa shape index (κ2) is 10.2. The van der Waals surface area contributed by atoms with E-state index < -0.39 is 20.0 Å². The molecule has 2 heterocycles. The van der Waals surface area contributed by atoms with Crippen LogP contribution < -0.4 is 0 Å². The molecule has 44 heavy (non-hydrogen) atoms. The van der Waals surface area contributed by atoms with Gasteiger partial charge in [0.1, 0.15) is 0 Å². The lowest BCUT2D eigenvalue weighted by Gasteiger charge is -2.25. The lowest BCUT2D eigenvalue weighted by atomic mass is 9.84. The van der Waals surface area contributed by atoms with Crippen LogP contribution >= 0.6 is 0 Å². The minimum Gasteiger partial charge on any atom is -0.238 e. The maximum Gasteiger partial charge on any atom is 0.268 e. The van der Waals surface area contributed by atoms with Crippen LogP contribution in [0.4, 0.5) is 0 Å². The van der Waals surface area contributed by atoms with Gasteiger partial charge in [0.05, 0.1) is 20.8 Å². The summed E-state index contributed by atoms with van der Waals surface area (Å²) in [6.07, 6.45) is 1.65. The fraction of sp³-hybridized carbons (Fsp3) is 0.222. The number of benzene rings is 4. The SMILES string of the molecule is Cc1ccc(S(=O)(=O)n2c(C3CCc4c(c5cc(C)ccc5n4S(=O)(=O)c4ccc(C)cc4)C3)cc3cc(C)ccc32)cc1. The molecule has 1 unspecified atom stereocenters. The zero-order chi connectivity index (χ0) is 31.0. The number of aromatic nitrogens is 2. The second-order valence-electron chi connectivity index (χ2n) is 12.2. The average Bonchev–Trinajstić information content (AvgIpc) is 3.53. The molecule has 1 aliphatic rings. The molecule has 0 aliphatic heterocycles. The third-order valence-electron chi connectivity index (χ3n) is 8.95. The molecule has 0 saturated carbocycles. The normalized spacial score (nSPS) is 15.6. The summed E-state index contributed by atoms with van der Waals surface area (Å²) >= 11 is 0. The highest BCUT2D eigenvalue weighted by molar-refractivity contribution is 7.90. The standard InChI is InChI=1S/C36H34N2O4S2/c1-23-5-12-29(13-6-23)43(39,40)37-33-16-9-25(3)19-28(33)22-36(37)27-11-18-35-32(21-27)31-20-26(4)10-17-34(31)38(35)44(41,42)30-14-7-24(2)8-15-30/h5-10,12-17,19-20,22,27H,11,18,21H2,1-4H3. The predicted molar refractivity (Wildman–Crippen MR) is 176 cm³/mol. The van der Waals surface area contributed by atoms with Crippen LogP contribution in [0.25, 0.3) is 21.8 Å². The first-order valence-corrected chi connectivity index (χ1v) is 17.7. The van der Waals surface area contributed by atoms with Gasteiger partial charge < -0.3 is 0 Å². The van der Waals surface area contributed by atoms with Gasteiger partial charge in [0.15, 0.2) is 0 Å². The molecule has 1 atom stereocenters. The molecule has 0 amide bonds. The van der Waals surface area contributed by atoms with Crippen molar-refractivity contribution < 1.29 is 16.8 Å². The van der Waals surface area contributed by atoms with E-state index in [1.807, 2.05) is 88.4 Å². The minimum absolute atomic E-state index is 0.128. The van der Waals surface area contributed by atoms with Gasteiger partial charge in [0, 0.05) is 28.1 Å². The van der Waals surface area contributed by atoms with Gasteiger partial charge in [0.2, 0.25) is 0 Å². The molecule has 0 bridgehead atoms. The molecule has 224 valence electrons. The topological polar surface area (TPSA) is 78.1 Å². The van der Waals surface area contributed by atoms with E-state index in [0.29, 0.717) is 30.3 Å². The van der Waals surface area contributed by atoms with E-state index in [2.05, 4.69) is 6.07 Å². The van der Waals surface area contributed by atoms with E-state index in [1.165, 1.54) is 7.94 Å². The number of hydrogen-bond acceptors (Lipinski definition) is 4.